The molecule has 0 aromatic heterocycles. The molecule has 0 amide bonds. The highest BCUT2D eigenvalue weighted by Crippen LogP contribution is 2.36. The third-order valence-electron chi connectivity index (χ3n) is 5.68. The third-order valence-corrected chi connectivity index (χ3v) is 5.68. The largest absolute Gasteiger partial charge is 0.480 e. The van der Waals surface area contributed by atoms with Crippen LogP contribution in [0.3, 0.4) is 0 Å². The van der Waals surface area contributed by atoms with E-state index < -0.39 is 5.97 Å². The van der Waals surface area contributed by atoms with Crippen LogP contribution in [-0.4, -0.2) is 35.6 Å². The predicted molar refractivity (Wildman–Crippen MR) is 104 cm³/mol. The van der Waals surface area contributed by atoms with Gasteiger partial charge in [0.15, 0.2) is 0 Å². The van der Waals surface area contributed by atoms with Gasteiger partial charge in [-0.3, -0.25) is 9.69 Å². The van der Waals surface area contributed by atoms with E-state index in [9.17, 15) is 4.79 Å². The fraction of sp³-hybridized carbons (Fsp3) is 0.682. The van der Waals surface area contributed by atoms with E-state index >= 15 is 0 Å². The van der Waals surface area contributed by atoms with Gasteiger partial charge in [-0.15, -0.1) is 0 Å². The van der Waals surface area contributed by atoms with Crippen molar-refractivity contribution in [2.24, 2.45) is 0 Å². The molecule has 0 spiro atoms. The Morgan fingerprint density at radius 1 is 1.08 bits per heavy atom. The summed E-state index contributed by atoms with van der Waals surface area (Å²) in [7, 11) is 1.94. The Morgan fingerprint density at radius 2 is 1.76 bits per heavy atom. The first-order chi connectivity index (χ1) is 12.1. The van der Waals surface area contributed by atoms with Crippen LogP contribution in [-0.2, 0) is 11.2 Å². The van der Waals surface area contributed by atoms with Crippen molar-refractivity contribution in [3.63, 3.8) is 0 Å². The van der Waals surface area contributed by atoms with E-state index in [0.29, 0.717) is 12.0 Å². The van der Waals surface area contributed by atoms with Crippen LogP contribution in [0.5, 0.6) is 0 Å². The first kappa shape index (κ1) is 20.0. The Hall–Kier alpha value is -1.35. The van der Waals surface area contributed by atoms with Gasteiger partial charge >= 0.3 is 5.97 Å². The summed E-state index contributed by atoms with van der Waals surface area (Å²) >= 11 is 0. The lowest BCUT2D eigenvalue weighted by atomic mass is 9.95. The van der Waals surface area contributed by atoms with Crippen LogP contribution in [0.25, 0.3) is 0 Å². The zero-order chi connectivity index (χ0) is 18.1. The number of aryl methyl sites for hydroxylation is 1. The van der Waals surface area contributed by atoms with Gasteiger partial charge in [-0.2, -0.15) is 0 Å². The number of benzene rings is 1. The van der Waals surface area contributed by atoms with Crippen LogP contribution < -0.4 is 0 Å². The average Bonchev–Trinajstić information content (AvgIpc) is 3.08. The first-order valence-corrected chi connectivity index (χ1v) is 10.1. The molecule has 2 rings (SSSR count). The molecular formula is C22H35NO2. The smallest absolute Gasteiger partial charge is 0.317 e. The second kappa shape index (κ2) is 10.6. The maximum absolute atomic E-state index is 10.9. The molecule has 1 aromatic rings. The van der Waals surface area contributed by atoms with Crippen LogP contribution in [0, 0.1) is 0 Å². The van der Waals surface area contributed by atoms with Crippen LogP contribution in [0.1, 0.15) is 81.8 Å². The number of aliphatic carboxylic acids is 1. The lowest BCUT2D eigenvalue weighted by Crippen LogP contribution is -2.34. The van der Waals surface area contributed by atoms with Gasteiger partial charge in [-0.05, 0) is 56.2 Å². The molecule has 3 heteroatoms. The van der Waals surface area contributed by atoms with E-state index in [1.165, 1.54) is 62.5 Å². The summed E-state index contributed by atoms with van der Waals surface area (Å²) in [6, 6.07) is 9.61. The molecule has 1 aliphatic carbocycles. The molecule has 0 aliphatic heterocycles. The third kappa shape index (κ3) is 6.81. The van der Waals surface area contributed by atoms with Crippen molar-refractivity contribution in [2.75, 3.05) is 13.6 Å². The lowest BCUT2D eigenvalue weighted by Gasteiger charge is -2.22. The van der Waals surface area contributed by atoms with Gasteiger partial charge in [0.2, 0.25) is 0 Å². The van der Waals surface area contributed by atoms with Gasteiger partial charge in [0.05, 0.1) is 6.54 Å². The van der Waals surface area contributed by atoms with Gasteiger partial charge in [-0.25, -0.2) is 0 Å². The highest BCUT2D eigenvalue weighted by atomic mass is 16.4. The normalized spacial score (nSPS) is 20.3. The first-order valence-electron chi connectivity index (χ1n) is 10.1. The van der Waals surface area contributed by atoms with Crippen molar-refractivity contribution in [3.8, 4) is 0 Å². The number of carboxylic acids is 1. The van der Waals surface area contributed by atoms with Crippen molar-refractivity contribution < 1.29 is 9.90 Å². The standard InChI is InChI=1S/C22H35NO2/c1-3-4-5-6-7-8-9-18-10-12-19(13-11-18)20-14-15-21(16-20)23(2)17-22(24)25/h10-13,20-21H,3-9,14-17H2,1-2H3,(H,24,25). The molecule has 0 saturated heterocycles. The molecule has 0 bridgehead atoms. The second-order valence-corrected chi connectivity index (χ2v) is 7.73. The van der Waals surface area contributed by atoms with E-state index in [-0.39, 0.29) is 6.54 Å². The Labute approximate surface area is 153 Å². The average molecular weight is 346 g/mol. The van der Waals surface area contributed by atoms with Crippen molar-refractivity contribution in [1.29, 1.82) is 0 Å². The molecule has 1 aromatic carbocycles. The molecule has 0 heterocycles. The van der Waals surface area contributed by atoms with Gasteiger partial charge in [0.1, 0.15) is 0 Å². The topological polar surface area (TPSA) is 40.5 Å². The number of rotatable bonds is 11. The zero-order valence-electron chi connectivity index (χ0n) is 16.0. The fourth-order valence-corrected chi connectivity index (χ4v) is 4.07. The van der Waals surface area contributed by atoms with Crippen LogP contribution in [0.4, 0.5) is 0 Å². The molecule has 0 radical (unpaired) electrons. The predicted octanol–water partition coefficient (Wildman–Crippen LogP) is 5.24. The monoisotopic (exact) mass is 345 g/mol. The van der Waals surface area contributed by atoms with E-state index in [2.05, 4.69) is 31.2 Å². The Morgan fingerprint density at radius 3 is 2.44 bits per heavy atom. The summed E-state index contributed by atoms with van der Waals surface area (Å²) in [6.45, 7) is 2.41. The van der Waals surface area contributed by atoms with Gasteiger partial charge < -0.3 is 5.11 Å². The maximum atomic E-state index is 10.9. The molecular weight excluding hydrogens is 310 g/mol. The van der Waals surface area contributed by atoms with Crippen LogP contribution in [0.15, 0.2) is 24.3 Å². The summed E-state index contributed by atoms with van der Waals surface area (Å²) in [5.74, 6) is -0.144. The number of carboxylic acid groups (broad SMARTS) is 1. The summed E-state index contributed by atoms with van der Waals surface area (Å²) in [5, 5.41) is 8.95. The molecule has 1 aliphatic rings. The number of likely N-dealkylation sites (N-methyl/N-ethyl adjacent to an activating group) is 1. The summed E-state index contributed by atoms with van der Waals surface area (Å²) < 4.78 is 0. The minimum atomic E-state index is -0.731. The molecule has 140 valence electrons. The number of nitrogens with zero attached hydrogens (tertiary/aromatic N) is 1. The number of hydrogen-bond acceptors (Lipinski definition) is 2. The molecule has 25 heavy (non-hydrogen) atoms. The minimum Gasteiger partial charge on any atom is -0.480 e. The van der Waals surface area contributed by atoms with Gasteiger partial charge in [0, 0.05) is 6.04 Å². The number of hydrogen-bond donors (Lipinski definition) is 1. The minimum absolute atomic E-state index is 0.147. The quantitative estimate of drug-likeness (QED) is 0.557. The van der Waals surface area contributed by atoms with E-state index in [4.69, 9.17) is 5.11 Å². The van der Waals surface area contributed by atoms with E-state index in [1.54, 1.807) is 0 Å². The summed E-state index contributed by atoms with van der Waals surface area (Å²) in [4.78, 5) is 12.9. The molecule has 1 N–H and O–H groups in total. The van der Waals surface area contributed by atoms with Crippen molar-refractivity contribution in [3.05, 3.63) is 35.4 Å². The molecule has 2 unspecified atom stereocenters. The lowest BCUT2D eigenvalue weighted by molar-refractivity contribution is -0.138. The summed E-state index contributed by atoms with van der Waals surface area (Å²) in [5.41, 5.74) is 2.88. The van der Waals surface area contributed by atoms with Gasteiger partial charge in [0.25, 0.3) is 0 Å². The van der Waals surface area contributed by atoms with Crippen molar-refractivity contribution >= 4 is 5.97 Å². The summed E-state index contributed by atoms with van der Waals surface area (Å²) in [6.07, 6.45) is 12.7. The maximum Gasteiger partial charge on any atom is 0.317 e. The van der Waals surface area contributed by atoms with E-state index in [1.807, 2.05) is 11.9 Å². The highest BCUT2D eigenvalue weighted by molar-refractivity contribution is 5.69. The SMILES string of the molecule is CCCCCCCCc1ccc(C2CCC(N(C)CC(=O)O)C2)cc1. The number of carbonyl (C=O) groups is 1. The van der Waals surface area contributed by atoms with E-state index in [0.717, 1.165) is 12.8 Å². The molecule has 1 fully saturated rings. The van der Waals surface area contributed by atoms with Gasteiger partial charge in [-0.1, -0.05) is 63.3 Å². The Bertz CT molecular complexity index is 511. The van der Waals surface area contributed by atoms with Crippen LogP contribution in [0.2, 0.25) is 0 Å². The molecule has 3 nitrogen and oxygen atoms in total. The second-order valence-electron chi connectivity index (χ2n) is 7.73. The van der Waals surface area contributed by atoms with Crippen molar-refractivity contribution in [1.82, 2.24) is 4.90 Å². The van der Waals surface area contributed by atoms with Crippen molar-refractivity contribution in [2.45, 2.75) is 83.1 Å². The Kier molecular flexibility index (Phi) is 8.47. The fourth-order valence-electron chi connectivity index (χ4n) is 4.07. The Balaban J connectivity index is 1.74. The number of unbranched alkanes of at least 4 members (excludes halogenated alkanes) is 5. The molecule has 1 saturated carbocycles. The molecule has 2 atom stereocenters. The zero-order valence-corrected chi connectivity index (χ0v) is 16.0. The van der Waals surface area contributed by atoms with Crippen LogP contribution >= 0.6 is 0 Å². The highest BCUT2D eigenvalue weighted by Gasteiger charge is 2.29.